The minimum Gasteiger partial charge on any atom is -0.497 e. The van der Waals surface area contributed by atoms with Crippen LogP contribution in [0.3, 0.4) is 0 Å². The molecule has 0 N–H and O–H groups in total. The second-order valence-corrected chi connectivity index (χ2v) is 7.52. The molecule has 2 nitrogen and oxygen atoms in total. The maximum absolute atomic E-state index is 5.35. The molecule has 2 aromatic carbocycles. The van der Waals surface area contributed by atoms with Crippen molar-refractivity contribution in [2.24, 2.45) is 0 Å². The minimum absolute atomic E-state index is 0.572. The van der Waals surface area contributed by atoms with Crippen LogP contribution in [-0.4, -0.2) is 31.1 Å². The van der Waals surface area contributed by atoms with Gasteiger partial charge in [0.2, 0.25) is 0 Å². The number of ether oxygens (including phenoxy) is 1. The Morgan fingerprint density at radius 1 is 0.917 bits per heavy atom. The molecule has 4 rings (SSSR count). The van der Waals surface area contributed by atoms with Crippen molar-refractivity contribution in [1.82, 2.24) is 4.90 Å². The van der Waals surface area contributed by atoms with E-state index >= 15 is 0 Å². The van der Waals surface area contributed by atoms with Crippen molar-refractivity contribution in [2.75, 3.05) is 14.2 Å². The quantitative estimate of drug-likeness (QED) is 0.810. The largest absolute Gasteiger partial charge is 0.497 e. The van der Waals surface area contributed by atoms with Gasteiger partial charge in [-0.25, -0.2) is 0 Å². The molecule has 2 saturated heterocycles. The van der Waals surface area contributed by atoms with Crippen molar-refractivity contribution < 1.29 is 4.74 Å². The molecule has 2 aromatic rings. The van der Waals surface area contributed by atoms with Gasteiger partial charge in [-0.05, 0) is 62.4 Å². The first-order valence-electron chi connectivity index (χ1n) is 9.10. The van der Waals surface area contributed by atoms with Crippen molar-refractivity contribution in [1.29, 1.82) is 0 Å². The fourth-order valence-electron chi connectivity index (χ4n) is 4.90. The molecule has 2 fully saturated rings. The number of hydrogen-bond acceptors (Lipinski definition) is 2. The Labute approximate surface area is 145 Å². The number of likely N-dealkylation sites (N-methyl/N-ethyl adjacent to an activating group) is 1. The number of fused-ring (bicyclic) bond motifs is 2. The predicted octanol–water partition coefficient (Wildman–Crippen LogP) is 4.74. The van der Waals surface area contributed by atoms with Crippen LogP contribution in [0.5, 0.6) is 5.75 Å². The summed E-state index contributed by atoms with van der Waals surface area (Å²) < 4.78 is 5.35. The Morgan fingerprint density at radius 3 is 2.25 bits per heavy atom. The fourth-order valence-corrected chi connectivity index (χ4v) is 4.90. The summed E-state index contributed by atoms with van der Waals surface area (Å²) in [5, 5.41) is 0. The highest BCUT2D eigenvalue weighted by Gasteiger charge is 2.46. The average Bonchev–Trinajstić information content (AvgIpc) is 2.85. The van der Waals surface area contributed by atoms with Crippen LogP contribution in [0.4, 0.5) is 0 Å². The van der Waals surface area contributed by atoms with Gasteiger partial charge < -0.3 is 4.74 Å². The molecule has 2 heterocycles. The Hall–Kier alpha value is -1.80. The van der Waals surface area contributed by atoms with Gasteiger partial charge in [0, 0.05) is 18.0 Å². The lowest BCUT2D eigenvalue weighted by atomic mass is 9.72. The summed E-state index contributed by atoms with van der Waals surface area (Å²) >= 11 is 0. The van der Waals surface area contributed by atoms with Crippen molar-refractivity contribution in [3.05, 3.63) is 65.2 Å². The van der Waals surface area contributed by atoms with Gasteiger partial charge in [-0.3, -0.25) is 4.90 Å². The lowest BCUT2D eigenvalue weighted by Crippen LogP contribution is -2.44. The lowest BCUT2D eigenvalue weighted by Gasteiger charge is -2.43. The topological polar surface area (TPSA) is 12.5 Å². The van der Waals surface area contributed by atoms with E-state index in [1.54, 1.807) is 7.11 Å². The summed E-state index contributed by atoms with van der Waals surface area (Å²) in [5.74, 6) is 2.13. The van der Waals surface area contributed by atoms with E-state index in [1.807, 2.05) is 0 Å². The SMILES string of the molecule is COc1ccc(C2C(c3ccc(C)cc3)CC3CCC2N3C)cc1. The molecular formula is C22H27NO. The van der Waals surface area contributed by atoms with Crippen molar-refractivity contribution in [3.63, 3.8) is 0 Å². The summed E-state index contributed by atoms with van der Waals surface area (Å²) in [5.41, 5.74) is 4.31. The number of aryl methyl sites for hydroxylation is 1. The Bertz CT molecular complexity index is 691. The second kappa shape index (κ2) is 6.25. The monoisotopic (exact) mass is 321 g/mol. The van der Waals surface area contributed by atoms with Gasteiger partial charge >= 0.3 is 0 Å². The van der Waals surface area contributed by atoms with Gasteiger partial charge in [-0.2, -0.15) is 0 Å². The molecule has 2 aliphatic rings. The van der Waals surface area contributed by atoms with E-state index < -0.39 is 0 Å². The zero-order valence-corrected chi connectivity index (χ0v) is 14.9. The van der Waals surface area contributed by atoms with Gasteiger partial charge in [0.05, 0.1) is 7.11 Å². The van der Waals surface area contributed by atoms with E-state index in [0.29, 0.717) is 17.9 Å². The number of hydrogen-bond donors (Lipinski definition) is 0. The molecule has 0 saturated carbocycles. The summed E-state index contributed by atoms with van der Waals surface area (Å²) in [7, 11) is 4.06. The highest BCUT2D eigenvalue weighted by atomic mass is 16.5. The smallest absolute Gasteiger partial charge is 0.118 e. The zero-order chi connectivity index (χ0) is 16.7. The number of piperidine rings is 1. The van der Waals surface area contributed by atoms with Gasteiger partial charge in [0.25, 0.3) is 0 Å². The van der Waals surface area contributed by atoms with Crippen molar-refractivity contribution in [3.8, 4) is 5.75 Å². The van der Waals surface area contributed by atoms with E-state index in [1.165, 1.54) is 36.0 Å². The minimum atomic E-state index is 0.572. The predicted molar refractivity (Wildman–Crippen MR) is 98.8 cm³/mol. The summed E-state index contributed by atoms with van der Waals surface area (Å²) in [4.78, 5) is 2.64. The van der Waals surface area contributed by atoms with Crippen LogP contribution >= 0.6 is 0 Å². The van der Waals surface area contributed by atoms with Gasteiger partial charge in [-0.1, -0.05) is 42.0 Å². The van der Waals surface area contributed by atoms with Crippen LogP contribution in [0.2, 0.25) is 0 Å². The molecule has 2 bridgehead atoms. The molecule has 24 heavy (non-hydrogen) atoms. The first-order valence-corrected chi connectivity index (χ1v) is 9.10. The first-order chi connectivity index (χ1) is 11.7. The molecule has 4 atom stereocenters. The molecule has 0 aliphatic carbocycles. The normalized spacial score (nSPS) is 29.6. The van der Waals surface area contributed by atoms with Gasteiger partial charge in [-0.15, -0.1) is 0 Å². The van der Waals surface area contributed by atoms with Crippen LogP contribution < -0.4 is 4.74 Å². The Balaban J connectivity index is 1.73. The maximum Gasteiger partial charge on any atom is 0.118 e. The highest BCUT2D eigenvalue weighted by Crippen LogP contribution is 2.50. The second-order valence-electron chi connectivity index (χ2n) is 7.52. The molecule has 126 valence electrons. The highest BCUT2D eigenvalue weighted by molar-refractivity contribution is 5.36. The van der Waals surface area contributed by atoms with Crippen LogP contribution in [0.15, 0.2) is 48.5 Å². The third-order valence-corrected chi connectivity index (χ3v) is 6.27. The fraction of sp³-hybridized carbons (Fsp3) is 0.455. The number of nitrogens with zero attached hydrogens (tertiary/aromatic N) is 1. The number of benzene rings is 2. The van der Waals surface area contributed by atoms with Gasteiger partial charge in [0.1, 0.15) is 5.75 Å². The van der Waals surface area contributed by atoms with Crippen LogP contribution in [0.1, 0.15) is 47.8 Å². The maximum atomic E-state index is 5.35. The van der Waals surface area contributed by atoms with E-state index in [-0.39, 0.29) is 0 Å². The molecule has 0 aromatic heterocycles. The molecule has 2 heteroatoms. The van der Waals surface area contributed by atoms with E-state index in [4.69, 9.17) is 4.74 Å². The van der Waals surface area contributed by atoms with Gasteiger partial charge in [0.15, 0.2) is 0 Å². The first kappa shape index (κ1) is 15.7. The molecule has 0 spiro atoms. The van der Waals surface area contributed by atoms with E-state index in [9.17, 15) is 0 Å². The summed E-state index contributed by atoms with van der Waals surface area (Å²) in [6.45, 7) is 2.17. The average molecular weight is 321 g/mol. The van der Waals surface area contributed by atoms with E-state index in [0.717, 1.165) is 11.8 Å². The summed E-state index contributed by atoms with van der Waals surface area (Å²) in [6.07, 6.45) is 3.93. The number of rotatable bonds is 3. The number of methoxy groups -OCH3 is 1. The van der Waals surface area contributed by atoms with E-state index in [2.05, 4.69) is 67.4 Å². The summed E-state index contributed by atoms with van der Waals surface area (Å²) in [6, 6.07) is 19.4. The Morgan fingerprint density at radius 2 is 1.58 bits per heavy atom. The molecular weight excluding hydrogens is 294 g/mol. The van der Waals surface area contributed by atoms with Crippen LogP contribution in [0.25, 0.3) is 0 Å². The molecule has 2 aliphatic heterocycles. The zero-order valence-electron chi connectivity index (χ0n) is 14.9. The molecule has 4 unspecified atom stereocenters. The molecule has 0 amide bonds. The van der Waals surface area contributed by atoms with Crippen molar-refractivity contribution in [2.45, 2.75) is 50.1 Å². The van der Waals surface area contributed by atoms with Crippen molar-refractivity contribution >= 4 is 0 Å². The third-order valence-electron chi connectivity index (χ3n) is 6.27. The third kappa shape index (κ3) is 2.63. The van der Waals surface area contributed by atoms with Crippen LogP contribution in [0, 0.1) is 6.92 Å². The van der Waals surface area contributed by atoms with Crippen LogP contribution in [-0.2, 0) is 0 Å². The molecule has 0 radical (unpaired) electrons. The lowest BCUT2D eigenvalue weighted by molar-refractivity contribution is 0.137. The Kier molecular flexibility index (Phi) is 4.09. The standard InChI is InChI=1S/C22H27NO/c1-15-4-6-16(7-5-15)20-14-18-10-13-21(23(18)2)22(20)17-8-11-19(24-3)12-9-17/h4-9,11-12,18,20-22H,10,13-14H2,1-3H3.